The molecule has 1 N–H and O–H groups in total. The molecule has 5 heteroatoms. The van der Waals surface area contributed by atoms with Gasteiger partial charge in [-0.05, 0) is 46.7 Å². The van der Waals surface area contributed by atoms with E-state index in [1.54, 1.807) is 35.2 Å². The van der Waals surface area contributed by atoms with Crippen LogP contribution in [0.3, 0.4) is 0 Å². The van der Waals surface area contributed by atoms with Gasteiger partial charge >= 0.3 is 0 Å². The van der Waals surface area contributed by atoms with Gasteiger partial charge in [-0.3, -0.25) is 9.59 Å². The summed E-state index contributed by atoms with van der Waals surface area (Å²) in [4.78, 5) is 27.7. The number of nitrogens with zero attached hydrogens (tertiary/aromatic N) is 1. The Morgan fingerprint density at radius 3 is 2.59 bits per heavy atom. The third kappa shape index (κ3) is 3.43. The van der Waals surface area contributed by atoms with Crippen molar-refractivity contribution < 1.29 is 19.1 Å². The van der Waals surface area contributed by atoms with Crippen LogP contribution in [0.5, 0.6) is 0 Å². The van der Waals surface area contributed by atoms with Gasteiger partial charge in [0.1, 0.15) is 5.76 Å². The first kappa shape index (κ1) is 20.0. The number of benzene rings is 3. The lowest BCUT2D eigenvalue weighted by Crippen LogP contribution is -2.41. The summed E-state index contributed by atoms with van der Waals surface area (Å²) >= 11 is 0. The second-order valence-corrected chi connectivity index (χ2v) is 7.90. The monoisotopic (exact) mass is 423 g/mol. The fourth-order valence-electron chi connectivity index (χ4n) is 4.31. The van der Waals surface area contributed by atoms with Crippen molar-refractivity contribution >= 4 is 34.2 Å². The molecule has 1 aromatic heterocycles. The Morgan fingerprint density at radius 2 is 1.75 bits per heavy atom. The number of allylic oxidation sites excluding steroid dienone is 1. The van der Waals surface area contributed by atoms with Crippen LogP contribution in [-0.2, 0) is 21.7 Å². The highest BCUT2D eigenvalue weighted by atomic mass is 16.3. The fourth-order valence-corrected chi connectivity index (χ4v) is 4.31. The van der Waals surface area contributed by atoms with Crippen molar-refractivity contribution in [1.29, 1.82) is 0 Å². The van der Waals surface area contributed by atoms with E-state index >= 15 is 0 Å². The molecule has 0 aliphatic carbocycles. The van der Waals surface area contributed by atoms with Crippen LogP contribution < -0.4 is 4.90 Å². The smallest absolute Gasteiger partial charge is 0.264 e. The van der Waals surface area contributed by atoms with Gasteiger partial charge in [0, 0.05) is 5.56 Å². The van der Waals surface area contributed by atoms with Crippen LogP contribution in [-0.4, -0.2) is 16.8 Å². The maximum atomic E-state index is 13.5. The third-order valence-electron chi connectivity index (χ3n) is 5.85. The van der Waals surface area contributed by atoms with Crippen molar-refractivity contribution in [3.63, 3.8) is 0 Å². The van der Waals surface area contributed by atoms with Crippen LogP contribution in [0.4, 0.5) is 5.69 Å². The first-order valence-electron chi connectivity index (χ1n) is 10.4. The maximum absolute atomic E-state index is 13.5. The normalized spacial score (nSPS) is 17.9. The summed E-state index contributed by atoms with van der Waals surface area (Å²) in [5, 5.41) is 13.6. The Labute approximate surface area is 185 Å². The average Bonchev–Trinajstić information content (AvgIpc) is 3.40. The zero-order valence-corrected chi connectivity index (χ0v) is 17.3. The molecule has 5 nitrogen and oxygen atoms in total. The van der Waals surface area contributed by atoms with Gasteiger partial charge in [-0.25, -0.2) is 0 Å². The molecule has 0 spiro atoms. The number of aliphatic hydroxyl groups is 1. The molecule has 0 fully saturated rings. The Hall–Kier alpha value is -3.96. The number of rotatable bonds is 6. The molecule has 1 aliphatic heterocycles. The molecule has 1 unspecified atom stereocenters. The number of amides is 1. The summed E-state index contributed by atoms with van der Waals surface area (Å²) < 4.78 is 5.20. The molecule has 4 aromatic rings. The van der Waals surface area contributed by atoms with Crippen LogP contribution in [0.1, 0.15) is 23.3 Å². The predicted octanol–water partition coefficient (Wildman–Crippen LogP) is 4.84. The lowest BCUT2D eigenvalue weighted by atomic mass is 9.90. The summed E-state index contributed by atoms with van der Waals surface area (Å²) in [7, 11) is 0. The summed E-state index contributed by atoms with van der Waals surface area (Å²) in [5.74, 6) is -0.327. The SMILES string of the molecule is O=C(/C=C/c1ccco1)CC1(O)C(=O)N(Cc2cccc3ccccc23)c2ccccc21. The average molecular weight is 423 g/mol. The van der Waals surface area contributed by atoms with Crippen molar-refractivity contribution in [3.05, 3.63) is 108 Å². The van der Waals surface area contributed by atoms with Gasteiger partial charge in [-0.2, -0.15) is 0 Å². The number of furan rings is 1. The van der Waals surface area contributed by atoms with E-state index in [9.17, 15) is 14.7 Å². The van der Waals surface area contributed by atoms with E-state index in [1.807, 2.05) is 48.5 Å². The van der Waals surface area contributed by atoms with Gasteiger partial charge in [0.15, 0.2) is 11.4 Å². The molecule has 158 valence electrons. The number of carbonyl (C=O) groups is 2. The van der Waals surface area contributed by atoms with E-state index in [0.717, 1.165) is 16.3 Å². The van der Waals surface area contributed by atoms with Gasteiger partial charge < -0.3 is 14.4 Å². The molecule has 32 heavy (non-hydrogen) atoms. The number of para-hydroxylation sites is 1. The minimum Gasteiger partial charge on any atom is -0.465 e. The Kier molecular flexibility index (Phi) is 4.96. The van der Waals surface area contributed by atoms with Gasteiger partial charge in [0.2, 0.25) is 0 Å². The minimum atomic E-state index is -1.91. The molecule has 0 radical (unpaired) electrons. The van der Waals surface area contributed by atoms with E-state index in [1.165, 1.54) is 18.4 Å². The number of carbonyl (C=O) groups excluding carboxylic acids is 2. The van der Waals surface area contributed by atoms with E-state index in [-0.39, 0.29) is 12.2 Å². The number of fused-ring (bicyclic) bond motifs is 2. The topological polar surface area (TPSA) is 70.7 Å². The summed E-state index contributed by atoms with van der Waals surface area (Å²) in [6.07, 6.45) is 4.04. The van der Waals surface area contributed by atoms with Gasteiger partial charge in [0.25, 0.3) is 5.91 Å². The van der Waals surface area contributed by atoms with Crippen molar-refractivity contribution in [2.45, 2.75) is 18.6 Å². The predicted molar refractivity (Wildman–Crippen MR) is 123 cm³/mol. The third-order valence-corrected chi connectivity index (χ3v) is 5.85. The molecule has 3 aromatic carbocycles. The second kappa shape index (κ2) is 7.94. The molecule has 1 atom stereocenters. The van der Waals surface area contributed by atoms with Crippen LogP contribution in [0.15, 0.2) is 95.6 Å². The number of ketones is 1. The molecule has 0 bridgehead atoms. The van der Waals surface area contributed by atoms with Gasteiger partial charge in [0.05, 0.1) is 24.9 Å². The van der Waals surface area contributed by atoms with Crippen molar-refractivity contribution in [2.24, 2.45) is 0 Å². The standard InChI is InChI=1S/C27H21NO4/c29-21(14-15-22-10-6-16-32-22)17-27(31)24-12-3-4-13-25(24)28(26(27)30)18-20-9-5-8-19-7-1-2-11-23(19)20/h1-16,31H,17-18H2/b15-14+. The number of hydrogen-bond donors (Lipinski definition) is 1. The minimum absolute atomic E-state index is 0.302. The maximum Gasteiger partial charge on any atom is 0.264 e. The Bertz CT molecular complexity index is 1330. The van der Waals surface area contributed by atoms with E-state index < -0.39 is 11.5 Å². The van der Waals surface area contributed by atoms with Crippen molar-refractivity contribution in [1.82, 2.24) is 0 Å². The van der Waals surface area contributed by atoms with Crippen molar-refractivity contribution in [3.8, 4) is 0 Å². The van der Waals surface area contributed by atoms with Crippen LogP contribution >= 0.6 is 0 Å². The highest BCUT2D eigenvalue weighted by Gasteiger charge is 2.50. The molecular weight excluding hydrogens is 402 g/mol. The van der Waals surface area contributed by atoms with Crippen molar-refractivity contribution in [2.75, 3.05) is 4.90 Å². The van der Waals surface area contributed by atoms with Crippen LogP contribution in [0.25, 0.3) is 16.8 Å². The molecular formula is C27H21NO4. The van der Waals surface area contributed by atoms with Gasteiger partial charge in [-0.15, -0.1) is 0 Å². The quantitative estimate of drug-likeness (QED) is 0.451. The fraction of sp³-hybridized carbons (Fsp3) is 0.111. The van der Waals surface area contributed by atoms with Crippen LogP contribution in [0.2, 0.25) is 0 Å². The molecule has 1 aliphatic rings. The molecule has 0 saturated carbocycles. The Morgan fingerprint density at radius 1 is 0.969 bits per heavy atom. The lowest BCUT2D eigenvalue weighted by Gasteiger charge is -2.23. The summed E-state index contributed by atoms with van der Waals surface area (Å²) in [6, 6.07) is 24.5. The zero-order valence-electron chi connectivity index (χ0n) is 17.3. The first-order chi connectivity index (χ1) is 15.6. The summed E-state index contributed by atoms with van der Waals surface area (Å²) in [5.41, 5.74) is 0.131. The van der Waals surface area contributed by atoms with E-state index in [4.69, 9.17) is 4.42 Å². The highest BCUT2D eigenvalue weighted by Crippen LogP contribution is 2.43. The number of hydrogen-bond acceptors (Lipinski definition) is 4. The highest BCUT2D eigenvalue weighted by molar-refractivity contribution is 6.10. The molecule has 1 amide bonds. The molecule has 0 saturated heterocycles. The van der Waals surface area contributed by atoms with E-state index in [2.05, 4.69) is 0 Å². The molecule has 5 rings (SSSR count). The van der Waals surface area contributed by atoms with Gasteiger partial charge in [-0.1, -0.05) is 60.7 Å². The molecule has 2 heterocycles. The zero-order chi connectivity index (χ0) is 22.1. The van der Waals surface area contributed by atoms with Crippen LogP contribution in [0, 0.1) is 0 Å². The second-order valence-electron chi connectivity index (χ2n) is 7.90. The number of anilines is 1. The van der Waals surface area contributed by atoms with E-state index in [0.29, 0.717) is 23.6 Å². The lowest BCUT2D eigenvalue weighted by molar-refractivity contribution is -0.140. The largest absolute Gasteiger partial charge is 0.465 e. The first-order valence-corrected chi connectivity index (χ1v) is 10.4. The summed E-state index contributed by atoms with van der Waals surface area (Å²) in [6.45, 7) is 0.302. The Balaban J connectivity index is 1.47.